The Kier molecular flexibility index (Phi) is 6.80. The normalized spacial score (nSPS) is 13.3. The summed E-state index contributed by atoms with van der Waals surface area (Å²) in [6.45, 7) is 1.36. The number of nitrogens with zero attached hydrogens (tertiary/aromatic N) is 4. The average molecular weight is 549 g/mol. The molecule has 0 fully saturated rings. The fraction of sp³-hybridized carbons (Fsp3) is 0.320. The number of carbonyl (C=O) groups is 2. The van der Waals surface area contributed by atoms with Crippen LogP contribution in [-0.2, 0) is 27.8 Å². The van der Waals surface area contributed by atoms with E-state index in [1.165, 1.54) is 35.2 Å². The first-order chi connectivity index (χ1) is 17.2. The fourth-order valence-electron chi connectivity index (χ4n) is 4.32. The number of phenolic OH excluding ortho intramolecular Hbond substituents is 1. The van der Waals surface area contributed by atoms with Crippen LogP contribution in [0.1, 0.15) is 32.6 Å². The van der Waals surface area contributed by atoms with Gasteiger partial charge in [0.1, 0.15) is 17.9 Å². The number of hydrogen-bond donors (Lipinski definition) is 1. The minimum Gasteiger partial charge on any atom is -0.505 e. The summed E-state index contributed by atoms with van der Waals surface area (Å²) in [6.07, 6.45) is 2.55. The summed E-state index contributed by atoms with van der Waals surface area (Å²) in [5, 5.41) is 11.7. The van der Waals surface area contributed by atoms with Crippen LogP contribution in [0, 0.1) is 12.7 Å². The van der Waals surface area contributed by atoms with Gasteiger partial charge in [0, 0.05) is 56.3 Å². The third-order valence-electron chi connectivity index (χ3n) is 6.46. The molecule has 0 unspecified atom stereocenters. The molecule has 37 heavy (non-hydrogen) atoms. The summed E-state index contributed by atoms with van der Waals surface area (Å²) in [6, 6.07) is 4.48. The van der Waals surface area contributed by atoms with E-state index < -0.39 is 27.5 Å². The quantitative estimate of drug-likeness (QED) is 0.507. The zero-order chi connectivity index (χ0) is 27.4. The monoisotopic (exact) mass is 548 g/mol. The van der Waals surface area contributed by atoms with E-state index in [9.17, 15) is 27.5 Å². The van der Waals surface area contributed by atoms with Crippen molar-refractivity contribution in [2.45, 2.75) is 19.9 Å². The number of aryl methyl sites for hydroxylation is 1. The maximum atomic E-state index is 14.6. The Morgan fingerprint density at radius 2 is 1.92 bits per heavy atom. The smallest absolute Gasteiger partial charge is 0.258 e. The van der Waals surface area contributed by atoms with Crippen molar-refractivity contribution in [3.8, 4) is 5.75 Å². The van der Waals surface area contributed by atoms with Crippen molar-refractivity contribution in [3.05, 3.63) is 63.1 Å². The topological polar surface area (TPSA) is 111 Å². The number of rotatable bonds is 6. The molecule has 1 aliphatic rings. The zero-order valence-corrected chi connectivity index (χ0v) is 22.5. The van der Waals surface area contributed by atoms with Gasteiger partial charge < -0.3 is 14.9 Å². The summed E-state index contributed by atoms with van der Waals surface area (Å²) in [4.78, 5) is 32.4. The number of halogens is 2. The Morgan fingerprint density at radius 1 is 1.24 bits per heavy atom. The second-order valence-electron chi connectivity index (χ2n) is 9.34. The van der Waals surface area contributed by atoms with Crippen molar-refractivity contribution in [1.82, 2.24) is 14.8 Å². The molecule has 0 bridgehead atoms. The second kappa shape index (κ2) is 9.46. The third-order valence-corrected chi connectivity index (χ3v) is 8.04. The van der Waals surface area contributed by atoms with Crippen LogP contribution in [0.15, 0.2) is 24.4 Å². The molecule has 1 aromatic heterocycles. The number of pyridine rings is 1. The Labute approximate surface area is 219 Å². The minimum absolute atomic E-state index is 0.0181. The first-order valence-corrected chi connectivity index (χ1v) is 13.5. The van der Waals surface area contributed by atoms with E-state index >= 15 is 0 Å². The number of sulfonamides is 1. The van der Waals surface area contributed by atoms with E-state index in [-0.39, 0.29) is 53.1 Å². The number of likely N-dealkylation sites (N-methyl/N-ethyl adjacent to an activating group) is 1. The maximum absolute atomic E-state index is 14.6. The van der Waals surface area contributed by atoms with Crippen molar-refractivity contribution < 1.29 is 27.5 Å². The summed E-state index contributed by atoms with van der Waals surface area (Å²) < 4.78 is 40.8. The summed E-state index contributed by atoms with van der Waals surface area (Å²) in [7, 11) is 0.650. The first-order valence-electron chi connectivity index (χ1n) is 11.2. The number of anilines is 1. The molecule has 9 nitrogen and oxygen atoms in total. The predicted molar refractivity (Wildman–Crippen MR) is 139 cm³/mol. The molecule has 196 valence electrons. The Balaban J connectivity index is 1.91. The highest BCUT2D eigenvalue weighted by molar-refractivity contribution is 7.92. The summed E-state index contributed by atoms with van der Waals surface area (Å²) in [5.41, 5.74) is 1.81. The van der Waals surface area contributed by atoms with Gasteiger partial charge in [0.05, 0.1) is 17.5 Å². The number of benzene rings is 2. The zero-order valence-electron chi connectivity index (χ0n) is 21.0. The van der Waals surface area contributed by atoms with Gasteiger partial charge in [0.25, 0.3) is 5.91 Å². The molecule has 0 saturated heterocycles. The Bertz CT molecular complexity index is 1580. The Morgan fingerprint density at radius 3 is 2.54 bits per heavy atom. The maximum Gasteiger partial charge on any atom is 0.258 e. The van der Waals surface area contributed by atoms with Gasteiger partial charge in [-0.15, -0.1) is 0 Å². The molecule has 2 heterocycles. The number of fused-ring (bicyclic) bond motifs is 2. The number of phenols is 1. The van der Waals surface area contributed by atoms with Gasteiger partial charge >= 0.3 is 0 Å². The highest BCUT2D eigenvalue weighted by atomic mass is 35.5. The lowest BCUT2D eigenvalue weighted by molar-refractivity contribution is -0.129. The number of amides is 2. The van der Waals surface area contributed by atoms with Crippen molar-refractivity contribution in [3.63, 3.8) is 0 Å². The van der Waals surface area contributed by atoms with Crippen LogP contribution in [0.5, 0.6) is 5.75 Å². The third kappa shape index (κ3) is 4.80. The van der Waals surface area contributed by atoms with Crippen LogP contribution in [0.4, 0.5) is 10.1 Å². The number of aromatic hydroxyl groups is 1. The summed E-state index contributed by atoms with van der Waals surface area (Å²) >= 11 is 6.18. The SMILES string of the molecule is Cc1cc(F)c(Cc2cnc3c(O)c4c(c(N(C)S(C)(=O)=O)c3c2)CN(CC(=O)N(C)C)C4=O)cc1Cl. The summed E-state index contributed by atoms with van der Waals surface area (Å²) in [5.74, 6) is -1.78. The van der Waals surface area contributed by atoms with Crippen LogP contribution < -0.4 is 4.31 Å². The Hall–Kier alpha value is -3.44. The minimum atomic E-state index is -3.80. The number of carbonyl (C=O) groups excluding carboxylic acids is 2. The van der Waals surface area contributed by atoms with E-state index in [1.54, 1.807) is 27.1 Å². The molecule has 0 spiro atoms. The number of aromatic nitrogens is 1. The molecule has 4 rings (SSSR count). The molecule has 12 heteroatoms. The lowest BCUT2D eigenvalue weighted by Crippen LogP contribution is -2.36. The van der Waals surface area contributed by atoms with Crippen LogP contribution in [0.25, 0.3) is 10.9 Å². The van der Waals surface area contributed by atoms with E-state index in [4.69, 9.17) is 11.6 Å². The van der Waals surface area contributed by atoms with Crippen LogP contribution >= 0.6 is 11.6 Å². The highest BCUT2D eigenvalue weighted by Gasteiger charge is 2.38. The lowest BCUT2D eigenvalue weighted by Gasteiger charge is -2.23. The lowest BCUT2D eigenvalue weighted by atomic mass is 9.98. The van der Waals surface area contributed by atoms with E-state index in [0.717, 1.165) is 10.6 Å². The molecule has 1 aliphatic heterocycles. The van der Waals surface area contributed by atoms with Crippen LogP contribution in [0.2, 0.25) is 5.02 Å². The van der Waals surface area contributed by atoms with Crippen molar-refractivity contribution >= 4 is 50.0 Å². The van der Waals surface area contributed by atoms with Gasteiger partial charge in [-0.05, 0) is 41.8 Å². The van der Waals surface area contributed by atoms with Crippen molar-refractivity contribution in [2.24, 2.45) is 0 Å². The largest absolute Gasteiger partial charge is 0.505 e. The van der Waals surface area contributed by atoms with Crippen LogP contribution in [-0.4, -0.2) is 74.1 Å². The van der Waals surface area contributed by atoms with Gasteiger partial charge in [-0.3, -0.25) is 18.9 Å². The molecule has 3 aromatic rings. The van der Waals surface area contributed by atoms with Gasteiger partial charge in [0.15, 0.2) is 5.75 Å². The van der Waals surface area contributed by atoms with E-state index in [0.29, 0.717) is 21.7 Å². The van der Waals surface area contributed by atoms with Crippen molar-refractivity contribution in [2.75, 3.05) is 38.2 Å². The van der Waals surface area contributed by atoms with Gasteiger partial charge in [-0.1, -0.05) is 11.6 Å². The van der Waals surface area contributed by atoms with E-state index in [1.807, 2.05) is 0 Å². The molecule has 0 aliphatic carbocycles. The first kappa shape index (κ1) is 26.6. The molecular formula is C25H26ClFN4O5S. The second-order valence-corrected chi connectivity index (χ2v) is 11.8. The van der Waals surface area contributed by atoms with E-state index in [2.05, 4.69) is 4.98 Å². The van der Waals surface area contributed by atoms with Crippen molar-refractivity contribution in [1.29, 1.82) is 0 Å². The average Bonchev–Trinajstić information content (AvgIpc) is 3.12. The molecule has 0 saturated carbocycles. The molecule has 0 atom stereocenters. The number of hydrogen-bond acceptors (Lipinski definition) is 6. The predicted octanol–water partition coefficient (Wildman–Crippen LogP) is 3.07. The van der Waals surface area contributed by atoms with Gasteiger partial charge in [0.2, 0.25) is 15.9 Å². The molecule has 1 N–H and O–H groups in total. The molecule has 0 radical (unpaired) electrons. The van der Waals surface area contributed by atoms with Gasteiger partial charge in [-0.2, -0.15) is 0 Å². The standard InChI is InChI=1S/C25H26ClFN4O5S/c1-13-6-19(27)15(9-18(13)26)7-14-8-16-22(28-10-14)24(33)21-17(23(16)30(4)37(5,35)36)11-31(25(21)34)12-20(32)29(2)3/h6,8-10,33H,7,11-12H2,1-5H3. The fourth-order valence-corrected chi connectivity index (χ4v) is 5.05. The molecular weight excluding hydrogens is 523 g/mol. The highest BCUT2D eigenvalue weighted by Crippen LogP contribution is 2.44. The van der Waals surface area contributed by atoms with Gasteiger partial charge in [-0.25, -0.2) is 12.8 Å². The molecule has 2 amide bonds. The molecule has 2 aromatic carbocycles. The van der Waals surface area contributed by atoms with Crippen LogP contribution in [0.3, 0.4) is 0 Å².